The standard InChI is InChI=1S/C3H4O3S/c1-2(7-6)3(4)5/h1H3,(H,4,5). The summed E-state index contributed by atoms with van der Waals surface area (Å²) in [6, 6.07) is 0. The molecule has 0 fully saturated rings. The van der Waals surface area contributed by atoms with Crippen molar-refractivity contribution in [3.63, 3.8) is 0 Å². The van der Waals surface area contributed by atoms with Crippen molar-refractivity contribution in [3.8, 4) is 0 Å². The van der Waals surface area contributed by atoms with E-state index >= 15 is 0 Å². The fourth-order valence-corrected chi connectivity index (χ4v) is 0.107. The first-order valence-corrected chi connectivity index (χ1v) is 2.29. The molecule has 0 spiro atoms. The van der Waals surface area contributed by atoms with E-state index in [2.05, 4.69) is 0 Å². The number of carboxylic acids is 1. The molecule has 0 radical (unpaired) electrons. The molecule has 0 unspecified atom stereocenters. The number of hydrogen-bond acceptors (Lipinski definition) is 2. The van der Waals surface area contributed by atoms with Gasteiger partial charge in [0.05, 0.1) is 11.3 Å². The van der Waals surface area contributed by atoms with Gasteiger partial charge >= 0.3 is 5.97 Å². The molecular weight excluding hydrogens is 116 g/mol. The van der Waals surface area contributed by atoms with Gasteiger partial charge in [0.1, 0.15) is 4.86 Å². The number of rotatable bonds is 1. The van der Waals surface area contributed by atoms with Crippen LogP contribution in [0, 0.1) is 0 Å². The molecule has 0 aromatic carbocycles. The molecule has 0 aromatic heterocycles. The monoisotopic (exact) mass is 120 g/mol. The zero-order chi connectivity index (χ0) is 5.86. The molecule has 7 heavy (non-hydrogen) atoms. The Balaban J connectivity index is 4.10. The summed E-state index contributed by atoms with van der Waals surface area (Å²) in [6.45, 7) is 1.26. The van der Waals surface area contributed by atoms with Gasteiger partial charge in [-0.2, -0.15) is 0 Å². The number of carbonyl (C=O) groups is 1. The Hall–Kier alpha value is -0.640. The minimum absolute atomic E-state index is 0.000000000000000222. The van der Waals surface area contributed by atoms with Crippen molar-refractivity contribution < 1.29 is 14.1 Å². The summed E-state index contributed by atoms with van der Waals surface area (Å²) < 4.78 is 9.57. The van der Waals surface area contributed by atoms with Gasteiger partial charge < -0.3 is 5.11 Å². The molecule has 0 saturated heterocycles. The summed E-state index contributed by atoms with van der Waals surface area (Å²) in [5, 5.41) is 7.92. The summed E-state index contributed by atoms with van der Waals surface area (Å²) in [6.07, 6.45) is 0. The molecule has 0 aliphatic carbocycles. The molecule has 1 N–H and O–H groups in total. The molecule has 0 aromatic rings. The zero-order valence-corrected chi connectivity index (χ0v) is 4.49. The summed E-state index contributed by atoms with van der Waals surface area (Å²) in [5.41, 5.74) is 0. The fraction of sp³-hybridized carbons (Fsp3) is 0.333. The highest BCUT2D eigenvalue weighted by Gasteiger charge is 1.96. The van der Waals surface area contributed by atoms with Gasteiger partial charge in [-0.25, -0.2) is 9.00 Å². The van der Waals surface area contributed by atoms with Gasteiger partial charge in [-0.1, -0.05) is 0 Å². The molecule has 0 atom stereocenters. The Morgan fingerprint density at radius 3 is 2.14 bits per heavy atom. The molecule has 40 valence electrons. The topological polar surface area (TPSA) is 54.4 Å². The van der Waals surface area contributed by atoms with Crippen molar-refractivity contribution >= 4 is 22.1 Å². The summed E-state index contributed by atoms with van der Waals surface area (Å²) in [7, 11) is 0. The quantitative estimate of drug-likeness (QED) is 0.473. The van der Waals surface area contributed by atoms with Crippen LogP contribution in [0.15, 0.2) is 0 Å². The molecular formula is C3H4O3S. The Bertz CT molecular complexity index is 133. The second-order valence-corrected chi connectivity index (χ2v) is 1.72. The average molecular weight is 120 g/mol. The second-order valence-electron chi connectivity index (χ2n) is 0.945. The summed E-state index contributed by atoms with van der Waals surface area (Å²) >= 11 is -0.000000000000000222. The van der Waals surface area contributed by atoms with Gasteiger partial charge in [0.15, 0.2) is 0 Å². The van der Waals surface area contributed by atoms with Gasteiger partial charge in [0.25, 0.3) is 0 Å². The third-order valence-corrected chi connectivity index (χ3v) is 0.851. The molecule has 0 aliphatic rings. The van der Waals surface area contributed by atoms with E-state index in [4.69, 9.17) is 5.11 Å². The minimum Gasteiger partial charge on any atom is -0.477 e. The maximum atomic E-state index is 9.67. The fourth-order valence-electron chi connectivity index (χ4n) is 0.0356. The van der Waals surface area contributed by atoms with E-state index in [1.165, 1.54) is 6.92 Å². The molecule has 4 heteroatoms. The number of aliphatic carboxylic acids is 1. The van der Waals surface area contributed by atoms with Crippen LogP contribution in [0.1, 0.15) is 6.92 Å². The van der Waals surface area contributed by atoms with Gasteiger partial charge in [-0.05, 0) is 6.92 Å². The van der Waals surface area contributed by atoms with Crippen LogP contribution < -0.4 is 0 Å². The van der Waals surface area contributed by atoms with E-state index in [1.54, 1.807) is 0 Å². The van der Waals surface area contributed by atoms with Crippen molar-refractivity contribution in [2.75, 3.05) is 0 Å². The SMILES string of the molecule is CC(=S=O)C(=O)O. The van der Waals surface area contributed by atoms with E-state index in [0.717, 1.165) is 0 Å². The van der Waals surface area contributed by atoms with Gasteiger partial charge in [0, 0.05) is 0 Å². The molecule has 0 bridgehead atoms. The van der Waals surface area contributed by atoms with Crippen LogP contribution >= 0.6 is 0 Å². The first kappa shape index (κ1) is 6.36. The highest BCUT2D eigenvalue weighted by molar-refractivity contribution is 7.68. The normalized spacial score (nSPS) is 7.57. The van der Waals surface area contributed by atoms with Gasteiger partial charge in [0.2, 0.25) is 0 Å². The lowest BCUT2D eigenvalue weighted by molar-refractivity contribution is -0.129. The van der Waals surface area contributed by atoms with Crippen LogP contribution in [0.25, 0.3) is 0 Å². The smallest absolute Gasteiger partial charge is 0.344 e. The molecule has 0 amide bonds. The second kappa shape index (κ2) is 2.52. The Kier molecular flexibility index (Phi) is 2.29. The van der Waals surface area contributed by atoms with E-state index in [9.17, 15) is 9.00 Å². The zero-order valence-electron chi connectivity index (χ0n) is 3.67. The van der Waals surface area contributed by atoms with Crippen LogP contribution in [0.5, 0.6) is 0 Å². The maximum Gasteiger partial charge on any atom is 0.344 e. The number of carboxylic acid groups (broad SMARTS) is 1. The maximum absolute atomic E-state index is 9.67. The van der Waals surface area contributed by atoms with E-state index < -0.39 is 5.97 Å². The van der Waals surface area contributed by atoms with Crippen LogP contribution in [0.4, 0.5) is 0 Å². The molecule has 0 heterocycles. The lowest BCUT2D eigenvalue weighted by Crippen LogP contribution is -2.06. The van der Waals surface area contributed by atoms with Crippen molar-refractivity contribution in [1.29, 1.82) is 0 Å². The largest absolute Gasteiger partial charge is 0.477 e. The van der Waals surface area contributed by atoms with Crippen LogP contribution in [-0.4, -0.2) is 20.1 Å². The van der Waals surface area contributed by atoms with Gasteiger partial charge in [-0.3, -0.25) is 0 Å². The van der Waals surface area contributed by atoms with E-state index in [1.807, 2.05) is 0 Å². The van der Waals surface area contributed by atoms with Crippen molar-refractivity contribution in [1.82, 2.24) is 0 Å². The van der Waals surface area contributed by atoms with E-state index in [-0.39, 0.29) is 16.1 Å². The Morgan fingerprint density at radius 1 is 1.71 bits per heavy atom. The average Bonchev–Trinajstić information content (AvgIpc) is 1.65. The Labute approximate surface area is 44.0 Å². The van der Waals surface area contributed by atoms with Crippen LogP contribution in [0.3, 0.4) is 0 Å². The lowest BCUT2D eigenvalue weighted by Gasteiger charge is -1.76. The van der Waals surface area contributed by atoms with E-state index in [0.29, 0.717) is 0 Å². The lowest BCUT2D eigenvalue weighted by atomic mass is 10.5. The van der Waals surface area contributed by atoms with Crippen molar-refractivity contribution in [2.24, 2.45) is 0 Å². The first-order chi connectivity index (χ1) is 3.18. The van der Waals surface area contributed by atoms with Gasteiger partial charge in [-0.15, -0.1) is 0 Å². The minimum atomic E-state index is -1.14. The van der Waals surface area contributed by atoms with Crippen molar-refractivity contribution in [2.45, 2.75) is 6.92 Å². The first-order valence-electron chi connectivity index (χ1n) is 1.55. The predicted octanol–water partition coefficient (Wildman–Crippen LogP) is -0.524. The summed E-state index contributed by atoms with van der Waals surface area (Å²) in [4.78, 5) is 9.55. The third kappa shape index (κ3) is 2.11. The predicted molar refractivity (Wildman–Crippen MR) is 26.5 cm³/mol. The highest BCUT2D eigenvalue weighted by Crippen LogP contribution is 1.64. The molecule has 0 rings (SSSR count). The van der Waals surface area contributed by atoms with Crippen molar-refractivity contribution in [3.05, 3.63) is 0 Å². The number of hydrogen-bond donors (Lipinski definition) is 1. The molecule has 3 nitrogen and oxygen atoms in total. The highest BCUT2D eigenvalue weighted by atomic mass is 32.1. The summed E-state index contributed by atoms with van der Waals surface area (Å²) in [5.74, 6) is -1.14. The Morgan fingerprint density at radius 2 is 2.14 bits per heavy atom. The molecule has 0 saturated carbocycles. The molecule has 0 aliphatic heterocycles. The van der Waals surface area contributed by atoms with Crippen LogP contribution in [0.2, 0.25) is 0 Å². The third-order valence-electron chi connectivity index (χ3n) is 0.426. The van der Waals surface area contributed by atoms with Crippen LogP contribution in [-0.2, 0) is 16.1 Å².